The predicted molar refractivity (Wildman–Crippen MR) is 93.5 cm³/mol. The molecule has 8 heteroatoms. The zero-order valence-corrected chi connectivity index (χ0v) is 14.7. The van der Waals surface area contributed by atoms with Gasteiger partial charge >= 0.3 is 5.97 Å². The predicted octanol–water partition coefficient (Wildman–Crippen LogP) is 3.35. The second kappa shape index (κ2) is 6.64. The van der Waals surface area contributed by atoms with Crippen LogP contribution in [0.4, 0.5) is 9.52 Å². The molecule has 0 atom stereocenters. The summed E-state index contributed by atoms with van der Waals surface area (Å²) in [4.78, 5) is 31.6. The third kappa shape index (κ3) is 3.39. The van der Waals surface area contributed by atoms with Gasteiger partial charge in [-0.25, -0.2) is 14.2 Å². The van der Waals surface area contributed by atoms with Crippen LogP contribution in [-0.4, -0.2) is 29.0 Å². The van der Waals surface area contributed by atoms with Crippen molar-refractivity contribution in [2.45, 2.75) is 20.3 Å². The highest BCUT2D eigenvalue weighted by Crippen LogP contribution is 2.26. The Balaban J connectivity index is 1.81. The minimum atomic E-state index is -0.488. The normalized spacial score (nSPS) is 10.9. The van der Waals surface area contributed by atoms with Crippen molar-refractivity contribution in [3.05, 3.63) is 45.8 Å². The third-order valence-corrected chi connectivity index (χ3v) is 4.89. The van der Waals surface area contributed by atoms with Gasteiger partial charge in [0.25, 0.3) is 0 Å². The molecule has 0 unspecified atom stereocenters. The van der Waals surface area contributed by atoms with E-state index in [4.69, 9.17) is 0 Å². The smallest absolute Gasteiger partial charge is 0.350 e. The molecule has 0 saturated carbocycles. The van der Waals surface area contributed by atoms with Crippen molar-refractivity contribution in [2.24, 2.45) is 0 Å². The van der Waals surface area contributed by atoms with E-state index >= 15 is 0 Å². The van der Waals surface area contributed by atoms with E-state index in [9.17, 15) is 14.0 Å². The zero-order chi connectivity index (χ0) is 18.1. The fourth-order valence-corrected chi connectivity index (χ4v) is 3.54. The Morgan fingerprint density at radius 1 is 1.36 bits per heavy atom. The second-order valence-corrected chi connectivity index (χ2v) is 6.57. The summed E-state index contributed by atoms with van der Waals surface area (Å²) in [6.07, 6.45) is 0.0709. The molecule has 6 nitrogen and oxygen atoms in total. The molecule has 0 spiro atoms. The number of carbonyl (C=O) groups is 2. The van der Waals surface area contributed by atoms with Gasteiger partial charge in [-0.15, -0.1) is 0 Å². The summed E-state index contributed by atoms with van der Waals surface area (Å²) in [5.41, 5.74) is 2.81. The Bertz CT molecular complexity index is 977. The lowest BCUT2D eigenvalue weighted by Gasteiger charge is -2.02. The molecule has 1 aromatic carbocycles. The molecule has 130 valence electrons. The summed E-state index contributed by atoms with van der Waals surface area (Å²) in [6.45, 7) is 3.51. The summed E-state index contributed by atoms with van der Waals surface area (Å²) in [6, 6.07) is 4.42. The molecule has 0 aliphatic rings. The molecule has 2 aromatic heterocycles. The number of methoxy groups -OCH3 is 1. The first-order chi connectivity index (χ1) is 11.9. The number of nitrogens with one attached hydrogen (secondary N) is 2. The van der Waals surface area contributed by atoms with Crippen LogP contribution in [-0.2, 0) is 16.0 Å². The quantitative estimate of drug-likeness (QED) is 0.698. The molecular formula is C17H16FN3O3S. The number of halogens is 1. The minimum Gasteiger partial charge on any atom is -0.465 e. The maximum absolute atomic E-state index is 13.5. The molecule has 3 aromatic rings. The van der Waals surface area contributed by atoms with Gasteiger partial charge < -0.3 is 15.0 Å². The first-order valence-corrected chi connectivity index (χ1v) is 8.33. The average molecular weight is 361 g/mol. The number of benzene rings is 1. The van der Waals surface area contributed by atoms with E-state index in [0.717, 1.165) is 28.1 Å². The van der Waals surface area contributed by atoms with Gasteiger partial charge in [-0.2, -0.15) is 0 Å². The van der Waals surface area contributed by atoms with Crippen molar-refractivity contribution >= 4 is 39.2 Å². The Labute approximate surface area is 147 Å². The van der Waals surface area contributed by atoms with Crippen molar-refractivity contribution in [3.63, 3.8) is 0 Å². The molecular weight excluding hydrogens is 345 g/mol. The highest BCUT2D eigenvalue weighted by atomic mass is 32.1. The number of aromatic nitrogens is 2. The van der Waals surface area contributed by atoms with E-state index in [-0.39, 0.29) is 18.1 Å². The molecule has 0 radical (unpaired) electrons. The summed E-state index contributed by atoms with van der Waals surface area (Å²) in [7, 11) is 1.29. The minimum absolute atomic E-state index is 0.0709. The zero-order valence-electron chi connectivity index (χ0n) is 13.9. The standard InChI is InChI=1S/C17H16FN3O3S/c1-8-11(12-6-10(18)4-5-13(12)19-8)7-14(22)21-17-20-9(2)15(25-17)16(23)24-3/h4-6,19H,7H2,1-3H3,(H,20,21,22). The lowest BCUT2D eigenvalue weighted by atomic mass is 10.1. The Morgan fingerprint density at radius 2 is 2.12 bits per heavy atom. The number of esters is 1. The molecule has 3 rings (SSSR count). The number of aromatic amines is 1. The van der Waals surface area contributed by atoms with Gasteiger partial charge in [0.15, 0.2) is 5.13 Å². The lowest BCUT2D eigenvalue weighted by molar-refractivity contribution is -0.115. The van der Waals surface area contributed by atoms with Gasteiger partial charge in [-0.3, -0.25) is 4.79 Å². The first-order valence-electron chi connectivity index (χ1n) is 7.51. The monoisotopic (exact) mass is 361 g/mol. The largest absolute Gasteiger partial charge is 0.465 e. The lowest BCUT2D eigenvalue weighted by Crippen LogP contribution is -2.14. The molecule has 0 fully saturated rings. The summed E-state index contributed by atoms with van der Waals surface area (Å²) < 4.78 is 18.2. The SMILES string of the molecule is COC(=O)c1sc(NC(=O)Cc2c(C)[nH]c3ccc(F)cc23)nc1C. The second-order valence-electron chi connectivity index (χ2n) is 5.57. The van der Waals surface area contributed by atoms with Crippen LogP contribution in [0.25, 0.3) is 10.9 Å². The molecule has 0 aliphatic heterocycles. The Hall–Kier alpha value is -2.74. The van der Waals surface area contributed by atoms with Crippen molar-refractivity contribution in [1.82, 2.24) is 9.97 Å². The Kier molecular flexibility index (Phi) is 4.54. The molecule has 25 heavy (non-hydrogen) atoms. The number of aryl methyl sites for hydroxylation is 2. The fourth-order valence-electron chi connectivity index (χ4n) is 2.64. The maximum Gasteiger partial charge on any atom is 0.350 e. The van der Waals surface area contributed by atoms with Crippen LogP contribution in [0.15, 0.2) is 18.2 Å². The van der Waals surface area contributed by atoms with Crippen molar-refractivity contribution in [3.8, 4) is 0 Å². The van der Waals surface area contributed by atoms with Crippen LogP contribution in [0.1, 0.15) is 26.6 Å². The number of ether oxygens (including phenoxy) is 1. The third-order valence-electron chi connectivity index (χ3n) is 3.83. The molecule has 0 saturated heterocycles. The topological polar surface area (TPSA) is 84.1 Å². The fraction of sp³-hybridized carbons (Fsp3) is 0.235. The van der Waals surface area contributed by atoms with E-state index in [1.807, 2.05) is 6.92 Å². The maximum atomic E-state index is 13.5. The van der Waals surface area contributed by atoms with Crippen molar-refractivity contribution in [1.29, 1.82) is 0 Å². The number of rotatable bonds is 4. The number of anilines is 1. The number of hydrogen-bond donors (Lipinski definition) is 2. The van der Waals surface area contributed by atoms with Crippen molar-refractivity contribution < 1.29 is 18.7 Å². The molecule has 0 aliphatic carbocycles. The average Bonchev–Trinajstić information content (AvgIpc) is 3.07. The van der Waals surface area contributed by atoms with Gasteiger partial charge in [-0.05, 0) is 37.6 Å². The van der Waals surface area contributed by atoms with E-state index < -0.39 is 5.97 Å². The summed E-state index contributed by atoms with van der Waals surface area (Å²) in [5, 5.41) is 3.68. The number of carbonyl (C=O) groups excluding carboxylic acids is 2. The number of H-pyrrole nitrogens is 1. The number of fused-ring (bicyclic) bond motifs is 1. The molecule has 2 N–H and O–H groups in total. The molecule has 0 bridgehead atoms. The molecule has 1 amide bonds. The van der Waals surface area contributed by atoms with Gasteiger partial charge in [0.1, 0.15) is 10.7 Å². The van der Waals surface area contributed by atoms with Crippen LogP contribution in [0, 0.1) is 19.7 Å². The van der Waals surface area contributed by atoms with E-state index in [2.05, 4.69) is 20.0 Å². The van der Waals surface area contributed by atoms with Gasteiger partial charge in [-0.1, -0.05) is 11.3 Å². The number of nitrogens with zero attached hydrogens (tertiary/aromatic N) is 1. The molecule has 2 heterocycles. The number of thiazole rings is 1. The summed E-state index contributed by atoms with van der Waals surface area (Å²) in [5.74, 6) is -1.14. The van der Waals surface area contributed by atoms with Crippen LogP contribution in [0.5, 0.6) is 0 Å². The number of amides is 1. The van der Waals surface area contributed by atoms with Crippen LogP contribution in [0.3, 0.4) is 0 Å². The Morgan fingerprint density at radius 3 is 2.84 bits per heavy atom. The van der Waals surface area contributed by atoms with Crippen LogP contribution >= 0.6 is 11.3 Å². The van der Waals surface area contributed by atoms with Gasteiger partial charge in [0, 0.05) is 16.6 Å². The van der Waals surface area contributed by atoms with Gasteiger partial charge in [0.05, 0.1) is 19.2 Å². The van der Waals surface area contributed by atoms with E-state index in [1.54, 1.807) is 13.0 Å². The summed E-state index contributed by atoms with van der Waals surface area (Å²) >= 11 is 1.06. The van der Waals surface area contributed by atoms with Crippen LogP contribution < -0.4 is 5.32 Å². The van der Waals surface area contributed by atoms with Crippen LogP contribution in [0.2, 0.25) is 0 Å². The van der Waals surface area contributed by atoms with E-state index in [0.29, 0.717) is 21.1 Å². The first kappa shape index (κ1) is 17.1. The van der Waals surface area contributed by atoms with Gasteiger partial charge in [0.2, 0.25) is 5.91 Å². The highest BCUT2D eigenvalue weighted by molar-refractivity contribution is 7.17. The number of hydrogen-bond acceptors (Lipinski definition) is 5. The van der Waals surface area contributed by atoms with E-state index in [1.165, 1.54) is 19.2 Å². The highest BCUT2D eigenvalue weighted by Gasteiger charge is 2.18. The van der Waals surface area contributed by atoms with Crippen molar-refractivity contribution in [2.75, 3.05) is 12.4 Å².